The molecule has 4 unspecified atom stereocenters. The number of nitrogens with zero attached hydrogens (tertiary/aromatic N) is 2. The Bertz CT molecular complexity index is 886. The third-order valence-electron chi connectivity index (χ3n) is 5.05. The van der Waals surface area contributed by atoms with Crippen LogP contribution in [0.2, 0.25) is 0 Å². The predicted molar refractivity (Wildman–Crippen MR) is 130 cm³/mol. The van der Waals surface area contributed by atoms with Crippen LogP contribution < -0.4 is 33.2 Å². The average molecular weight is 512 g/mol. The Morgan fingerprint density at radius 2 is 1.67 bits per heavy atom. The van der Waals surface area contributed by atoms with Crippen molar-refractivity contribution in [2.75, 3.05) is 13.2 Å². The smallest absolute Gasteiger partial charge is 0.326 e. The van der Waals surface area contributed by atoms with Gasteiger partial charge < -0.3 is 48.3 Å². The third-order valence-corrected chi connectivity index (χ3v) is 5.05. The van der Waals surface area contributed by atoms with E-state index in [4.69, 9.17) is 22.3 Å². The van der Waals surface area contributed by atoms with E-state index in [1.165, 1.54) is 12.5 Å². The minimum atomic E-state index is -1.26. The highest BCUT2D eigenvalue weighted by Gasteiger charge is 2.31. The van der Waals surface area contributed by atoms with Gasteiger partial charge in [0.15, 0.2) is 5.96 Å². The van der Waals surface area contributed by atoms with Gasteiger partial charge in [-0.25, -0.2) is 9.78 Å². The number of rotatable bonds is 16. The highest BCUT2D eigenvalue weighted by Crippen LogP contribution is 2.08. The quantitative estimate of drug-likeness (QED) is 0.0613. The van der Waals surface area contributed by atoms with E-state index in [1.54, 1.807) is 0 Å². The minimum Gasteiger partial charge on any atom is -0.480 e. The van der Waals surface area contributed by atoms with Gasteiger partial charge in [-0.2, -0.15) is 0 Å². The number of carbonyl (C=O) groups is 4. The lowest BCUT2D eigenvalue weighted by atomic mass is 10.0. The first-order chi connectivity index (χ1) is 16.9. The zero-order valence-electron chi connectivity index (χ0n) is 20.4. The van der Waals surface area contributed by atoms with Gasteiger partial charge in [-0.1, -0.05) is 13.8 Å². The normalized spacial score (nSPS) is 14.2. The molecule has 0 aliphatic carbocycles. The Morgan fingerprint density at radius 1 is 1.06 bits per heavy atom. The number of aromatic nitrogens is 2. The second kappa shape index (κ2) is 15.3. The number of aliphatic carboxylic acids is 1. The summed E-state index contributed by atoms with van der Waals surface area (Å²) in [6.07, 6.45) is 3.42. The molecule has 1 aromatic heterocycles. The molecule has 0 aliphatic heterocycles. The molecule has 12 N–H and O–H groups in total. The highest BCUT2D eigenvalue weighted by molar-refractivity contribution is 5.94. The van der Waals surface area contributed by atoms with Gasteiger partial charge in [-0.3, -0.25) is 19.4 Å². The van der Waals surface area contributed by atoms with Gasteiger partial charge in [-0.05, 0) is 25.2 Å². The van der Waals surface area contributed by atoms with Gasteiger partial charge >= 0.3 is 5.97 Å². The fourth-order valence-electron chi connectivity index (χ4n) is 3.20. The van der Waals surface area contributed by atoms with Gasteiger partial charge in [0.1, 0.15) is 24.2 Å². The molecule has 0 fully saturated rings. The molecule has 0 aromatic carbocycles. The molecular weight excluding hydrogens is 474 g/mol. The number of aliphatic imine (C=N–C) groups is 1. The zero-order valence-corrected chi connectivity index (χ0v) is 20.4. The lowest BCUT2D eigenvalue weighted by molar-refractivity contribution is -0.142. The van der Waals surface area contributed by atoms with Crippen LogP contribution in [0.25, 0.3) is 0 Å². The van der Waals surface area contributed by atoms with Crippen LogP contribution in [0.4, 0.5) is 0 Å². The maximum atomic E-state index is 13.1. The molecule has 202 valence electrons. The lowest BCUT2D eigenvalue weighted by Crippen LogP contribution is -2.58. The number of hydrogen-bond donors (Lipinski definition) is 9. The number of guanidine groups is 1. The van der Waals surface area contributed by atoms with Gasteiger partial charge in [0.25, 0.3) is 0 Å². The lowest BCUT2D eigenvalue weighted by Gasteiger charge is -2.25. The van der Waals surface area contributed by atoms with Gasteiger partial charge in [-0.15, -0.1) is 0 Å². The molecular formula is C21H37N9O6. The number of imidazole rings is 1. The van der Waals surface area contributed by atoms with Crippen molar-refractivity contribution in [2.45, 2.75) is 63.7 Å². The molecule has 0 spiro atoms. The van der Waals surface area contributed by atoms with Crippen LogP contribution in [-0.4, -0.2) is 87.2 Å². The van der Waals surface area contributed by atoms with Crippen LogP contribution in [0, 0.1) is 5.92 Å². The summed E-state index contributed by atoms with van der Waals surface area (Å²) in [5.41, 5.74) is 16.6. The standard InChI is InChI=1S/C21H37N9O6/c1-11(2)6-15(29-17(32)13(22)9-31)18(33)30-16(7-12-8-25-10-27-12)19(34)28-14(20(35)36)4-3-5-26-21(23)24/h8,10-11,13-16,31H,3-7,9,22H2,1-2H3,(H,25,27)(H,28,34)(H,29,32)(H,30,33)(H,35,36)(H4,23,24,26). The molecule has 1 heterocycles. The summed E-state index contributed by atoms with van der Waals surface area (Å²) in [7, 11) is 0. The molecule has 0 aliphatic rings. The number of carboxylic acids is 1. The fraction of sp³-hybridized carbons (Fsp3) is 0.619. The summed E-state index contributed by atoms with van der Waals surface area (Å²) in [5.74, 6) is -3.53. The zero-order chi connectivity index (χ0) is 27.3. The molecule has 0 radical (unpaired) electrons. The number of aliphatic hydroxyl groups is 1. The SMILES string of the molecule is CC(C)CC(NC(=O)C(N)CO)C(=O)NC(Cc1cnc[nH]1)C(=O)NC(CCCN=C(N)N)C(=O)O. The first-order valence-electron chi connectivity index (χ1n) is 11.5. The third kappa shape index (κ3) is 11.1. The summed E-state index contributed by atoms with van der Waals surface area (Å²) in [4.78, 5) is 60.5. The van der Waals surface area contributed by atoms with Crippen molar-refractivity contribution in [1.29, 1.82) is 0 Å². The monoisotopic (exact) mass is 511 g/mol. The molecule has 0 bridgehead atoms. The fourth-order valence-corrected chi connectivity index (χ4v) is 3.20. The second-order valence-electron chi connectivity index (χ2n) is 8.67. The Hall–Kier alpha value is -3.72. The van der Waals surface area contributed by atoms with Gasteiger partial charge in [0.05, 0.1) is 12.9 Å². The van der Waals surface area contributed by atoms with Crippen LogP contribution in [0.5, 0.6) is 0 Å². The van der Waals surface area contributed by atoms with E-state index >= 15 is 0 Å². The van der Waals surface area contributed by atoms with Crippen molar-refractivity contribution < 1.29 is 29.4 Å². The Balaban J connectivity index is 3.02. The molecule has 1 aromatic rings. The molecule has 0 saturated carbocycles. The summed E-state index contributed by atoms with van der Waals surface area (Å²) in [6, 6.07) is -4.69. The number of carboxylic acid groups (broad SMARTS) is 1. The van der Waals surface area contributed by atoms with Crippen molar-refractivity contribution >= 4 is 29.7 Å². The van der Waals surface area contributed by atoms with Crippen LogP contribution in [0.15, 0.2) is 17.5 Å². The Morgan fingerprint density at radius 3 is 2.19 bits per heavy atom. The summed E-state index contributed by atoms with van der Waals surface area (Å²) in [6.45, 7) is 3.26. The second-order valence-corrected chi connectivity index (χ2v) is 8.67. The molecule has 3 amide bonds. The van der Waals surface area contributed by atoms with E-state index in [-0.39, 0.29) is 37.7 Å². The largest absolute Gasteiger partial charge is 0.480 e. The van der Waals surface area contributed by atoms with E-state index in [1.807, 2.05) is 13.8 Å². The molecule has 15 heteroatoms. The molecule has 0 saturated heterocycles. The predicted octanol–water partition coefficient (Wildman–Crippen LogP) is -3.09. The molecule has 1 rings (SSSR count). The van der Waals surface area contributed by atoms with E-state index in [9.17, 15) is 24.3 Å². The van der Waals surface area contributed by atoms with Crippen molar-refractivity contribution in [2.24, 2.45) is 28.1 Å². The van der Waals surface area contributed by atoms with Crippen LogP contribution in [0.1, 0.15) is 38.8 Å². The number of aromatic amines is 1. The minimum absolute atomic E-state index is 0.00658. The van der Waals surface area contributed by atoms with Crippen molar-refractivity contribution in [1.82, 2.24) is 25.9 Å². The van der Waals surface area contributed by atoms with Crippen molar-refractivity contribution in [3.8, 4) is 0 Å². The van der Waals surface area contributed by atoms with Crippen molar-refractivity contribution in [3.63, 3.8) is 0 Å². The van der Waals surface area contributed by atoms with Gasteiger partial charge in [0.2, 0.25) is 17.7 Å². The summed E-state index contributed by atoms with van der Waals surface area (Å²) < 4.78 is 0. The Labute approximate surface area is 208 Å². The van der Waals surface area contributed by atoms with Crippen LogP contribution >= 0.6 is 0 Å². The molecule has 15 nitrogen and oxygen atoms in total. The first kappa shape index (κ1) is 30.3. The van der Waals surface area contributed by atoms with Gasteiger partial charge in [0, 0.05) is 24.9 Å². The maximum absolute atomic E-state index is 13.1. The maximum Gasteiger partial charge on any atom is 0.326 e. The number of aliphatic hydroxyl groups excluding tert-OH is 1. The number of H-pyrrole nitrogens is 1. The number of nitrogens with one attached hydrogen (secondary N) is 4. The van der Waals surface area contributed by atoms with E-state index in [0.29, 0.717) is 12.1 Å². The average Bonchev–Trinajstić information content (AvgIpc) is 3.31. The molecule has 4 atom stereocenters. The Kier molecular flexibility index (Phi) is 12.9. The number of nitrogens with two attached hydrogens (primary N) is 3. The van der Waals surface area contributed by atoms with E-state index in [0.717, 1.165) is 0 Å². The first-order valence-corrected chi connectivity index (χ1v) is 11.5. The summed E-state index contributed by atoms with van der Waals surface area (Å²) >= 11 is 0. The topological polar surface area (TPSA) is 264 Å². The number of carbonyl (C=O) groups excluding carboxylic acids is 3. The van der Waals surface area contributed by atoms with Crippen LogP contribution in [-0.2, 0) is 25.6 Å². The van der Waals surface area contributed by atoms with E-state index in [2.05, 4.69) is 30.9 Å². The van der Waals surface area contributed by atoms with Crippen LogP contribution in [0.3, 0.4) is 0 Å². The van der Waals surface area contributed by atoms with Crippen molar-refractivity contribution in [3.05, 3.63) is 18.2 Å². The highest BCUT2D eigenvalue weighted by atomic mass is 16.4. The summed E-state index contributed by atoms with van der Waals surface area (Å²) in [5, 5.41) is 26.2. The molecule has 36 heavy (non-hydrogen) atoms. The van der Waals surface area contributed by atoms with E-state index < -0.39 is 54.5 Å². The number of hydrogen-bond acceptors (Lipinski definition) is 8. The number of amides is 3.